The van der Waals surface area contributed by atoms with E-state index in [1.54, 1.807) is 11.5 Å². The molecule has 2 aromatic carbocycles. The van der Waals surface area contributed by atoms with Gasteiger partial charge in [-0.3, -0.25) is 9.36 Å². The highest BCUT2D eigenvalue weighted by Crippen LogP contribution is 2.33. The van der Waals surface area contributed by atoms with Crippen LogP contribution in [-0.2, 0) is 16.1 Å². The van der Waals surface area contributed by atoms with E-state index in [2.05, 4.69) is 11.9 Å². The first-order valence-electron chi connectivity index (χ1n) is 12.0. The molecule has 4 aromatic rings. The van der Waals surface area contributed by atoms with Gasteiger partial charge in [0.2, 0.25) is 0 Å². The van der Waals surface area contributed by atoms with Crippen molar-refractivity contribution in [2.24, 2.45) is 4.99 Å². The normalized spacial score (nSPS) is 15.3. The molecule has 0 saturated carbocycles. The van der Waals surface area contributed by atoms with Crippen LogP contribution in [0.15, 0.2) is 93.2 Å². The zero-order valence-electron chi connectivity index (χ0n) is 20.5. The molecule has 3 heterocycles. The quantitative estimate of drug-likeness (QED) is 0.306. The van der Waals surface area contributed by atoms with Crippen molar-refractivity contribution in [2.75, 3.05) is 6.61 Å². The Morgan fingerprint density at radius 1 is 1.08 bits per heavy atom. The topological polar surface area (TPSA) is 69.9 Å². The third-order valence-corrected chi connectivity index (χ3v) is 7.83. The zero-order chi connectivity index (χ0) is 25.8. The molecule has 0 saturated heterocycles. The van der Waals surface area contributed by atoms with Crippen molar-refractivity contribution in [3.05, 3.63) is 119 Å². The van der Waals surface area contributed by atoms with Crippen molar-refractivity contribution < 1.29 is 14.3 Å². The monoisotopic (exact) mass is 530 g/mol. The van der Waals surface area contributed by atoms with E-state index in [0.717, 1.165) is 28.2 Å². The summed E-state index contributed by atoms with van der Waals surface area (Å²) < 4.78 is 13.5. The number of allylic oxidation sites excluding steroid dienone is 1. The second kappa shape index (κ2) is 11.1. The summed E-state index contributed by atoms with van der Waals surface area (Å²) in [6, 6.07) is 20.4. The highest BCUT2D eigenvalue weighted by molar-refractivity contribution is 7.10. The first kappa shape index (κ1) is 24.9. The van der Waals surface area contributed by atoms with Crippen molar-refractivity contribution >= 4 is 34.7 Å². The Morgan fingerprint density at radius 3 is 2.57 bits per heavy atom. The summed E-state index contributed by atoms with van der Waals surface area (Å²) >= 11 is 2.82. The predicted octanol–water partition coefficient (Wildman–Crippen LogP) is 4.83. The van der Waals surface area contributed by atoms with Gasteiger partial charge in [0.15, 0.2) is 4.80 Å². The third kappa shape index (κ3) is 5.35. The molecule has 0 N–H and O–H groups in total. The maximum Gasteiger partial charge on any atom is 0.338 e. The van der Waals surface area contributed by atoms with Crippen LogP contribution in [-0.4, -0.2) is 17.1 Å². The van der Waals surface area contributed by atoms with E-state index in [4.69, 9.17) is 9.47 Å². The maximum atomic E-state index is 13.7. The number of nitrogens with zero attached hydrogens (tertiary/aromatic N) is 2. The molecule has 188 valence electrons. The summed E-state index contributed by atoms with van der Waals surface area (Å²) in [7, 11) is 0. The summed E-state index contributed by atoms with van der Waals surface area (Å²) in [6.07, 6.45) is 2.79. The van der Waals surface area contributed by atoms with E-state index in [-0.39, 0.29) is 12.2 Å². The molecular formula is C29H26N2O4S2. The lowest BCUT2D eigenvalue weighted by molar-refractivity contribution is -0.140. The molecule has 1 aliphatic rings. The molecule has 37 heavy (non-hydrogen) atoms. The highest BCUT2D eigenvalue weighted by Gasteiger charge is 2.34. The second-order valence-corrected chi connectivity index (χ2v) is 10.6. The summed E-state index contributed by atoms with van der Waals surface area (Å²) in [6.45, 7) is 4.67. The van der Waals surface area contributed by atoms with E-state index in [0.29, 0.717) is 27.2 Å². The Balaban J connectivity index is 1.51. The maximum absolute atomic E-state index is 13.7. The van der Waals surface area contributed by atoms with Crippen molar-refractivity contribution in [3.8, 4) is 5.75 Å². The van der Waals surface area contributed by atoms with Gasteiger partial charge in [-0.1, -0.05) is 66.8 Å². The number of rotatable bonds is 8. The number of hydrogen-bond acceptors (Lipinski definition) is 7. The van der Waals surface area contributed by atoms with Crippen molar-refractivity contribution in [2.45, 2.75) is 32.9 Å². The summed E-state index contributed by atoms with van der Waals surface area (Å²) in [5.41, 5.74) is 2.54. The number of benzene rings is 2. The van der Waals surface area contributed by atoms with Crippen LogP contribution in [0, 0.1) is 0 Å². The molecule has 0 amide bonds. The number of thiophene rings is 1. The van der Waals surface area contributed by atoms with Gasteiger partial charge >= 0.3 is 5.97 Å². The molecule has 6 nitrogen and oxygen atoms in total. The van der Waals surface area contributed by atoms with Crippen LogP contribution in [0.25, 0.3) is 6.08 Å². The van der Waals surface area contributed by atoms with Crippen LogP contribution in [0.1, 0.15) is 42.3 Å². The molecule has 8 heteroatoms. The Bertz CT molecular complexity index is 1600. The van der Waals surface area contributed by atoms with Crippen LogP contribution in [0.5, 0.6) is 5.75 Å². The molecule has 0 aliphatic carbocycles. The first-order chi connectivity index (χ1) is 18.0. The Morgan fingerprint density at radius 2 is 1.86 bits per heavy atom. The standard InChI is InChI=1S/C29H26N2O4S2/c1-3-15-34-22-13-11-20(12-14-22)17-24-27(32)31-26(23-10-7-16-36-23)25(19(2)30-29(31)37-24)28(33)35-18-21-8-5-4-6-9-21/h4-14,16-17,26H,3,15,18H2,1-2H3/b24-17+/t26-/m0/s1. The fourth-order valence-electron chi connectivity index (χ4n) is 4.13. The molecule has 0 unspecified atom stereocenters. The minimum absolute atomic E-state index is 0.149. The van der Waals surface area contributed by atoms with Crippen LogP contribution in [0.2, 0.25) is 0 Å². The number of carbonyl (C=O) groups excluding carboxylic acids is 1. The Hall–Kier alpha value is -3.75. The zero-order valence-corrected chi connectivity index (χ0v) is 22.2. The van der Waals surface area contributed by atoms with Crippen molar-refractivity contribution in [3.63, 3.8) is 0 Å². The highest BCUT2D eigenvalue weighted by atomic mass is 32.1. The lowest BCUT2D eigenvalue weighted by atomic mass is 10.0. The van der Waals surface area contributed by atoms with Gasteiger partial charge in [0.1, 0.15) is 18.4 Å². The van der Waals surface area contributed by atoms with E-state index < -0.39 is 12.0 Å². The molecule has 0 bridgehead atoms. The van der Waals surface area contributed by atoms with Crippen molar-refractivity contribution in [1.29, 1.82) is 0 Å². The SMILES string of the molecule is CCCOc1ccc(/C=c2/sc3n(c2=O)[C@@H](c2cccs2)C(C(=O)OCc2ccccc2)=C(C)N=3)cc1. The minimum atomic E-state index is -0.591. The van der Waals surface area contributed by atoms with Gasteiger partial charge in [-0.05, 0) is 54.1 Å². The predicted molar refractivity (Wildman–Crippen MR) is 147 cm³/mol. The average Bonchev–Trinajstić information content (AvgIpc) is 3.55. The van der Waals surface area contributed by atoms with Gasteiger partial charge in [-0.25, -0.2) is 9.79 Å². The molecule has 0 radical (unpaired) electrons. The lowest BCUT2D eigenvalue weighted by Crippen LogP contribution is -2.39. The summed E-state index contributed by atoms with van der Waals surface area (Å²) in [5.74, 6) is 0.327. The molecule has 5 rings (SSSR count). The largest absolute Gasteiger partial charge is 0.494 e. The number of hydrogen-bond donors (Lipinski definition) is 0. The van der Waals surface area contributed by atoms with Gasteiger partial charge in [-0.15, -0.1) is 11.3 Å². The van der Waals surface area contributed by atoms with Crippen LogP contribution < -0.4 is 19.6 Å². The molecule has 1 aliphatic heterocycles. The number of aromatic nitrogens is 1. The van der Waals surface area contributed by atoms with Gasteiger partial charge in [0.05, 0.1) is 22.4 Å². The smallest absolute Gasteiger partial charge is 0.338 e. The fourth-order valence-corrected chi connectivity index (χ4v) is 6.00. The van der Waals surface area contributed by atoms with Gasteiger partial charge in [-0.2, -0.15) is 0 Å². The number of ether oxygens (including phenoxy) is 2. The Kier molecular flexibility index (Phi) is 7.48. The van der Waals surface area contributed by atoms with E-state index in [1.165, 1.54) is 22.7 Å². The van der Waals surface area contributed by atoms with Gasteiger partial charge < -0.3 is 9.47 Å². The number of esters is 1. The first-order valence-corrected chi connectivity index (χ1v) is 13.7. The minimum Gasteiger partial charge on any atom is -0.494 e. The fraction of sp³-hybridized carbons (Fsp3) is 0.207. The summed E-state index contributed by atoms with van der Waals surface area (Å²) in [4.78, 5) is 33.1. The Labute approximate surface area is 222 Å². The second-order valence-electron chi connectivity index (χ2n) is 8.58. The number of thiazole rings is 1. The average molecular weight is 531 g/mol. The van der Waals surface area contributed by atoms with Gasteiger partial charge in [0.25, 0.3) is 5.56 Å². The molecule has 1 atom stereocenters. The number of fused-ring (bicyclic) bond motifs is 1. The van der Waals surface area contributed by atoms with E-state index in [9.17, 15) is 9.59 Å². The van der Waals surface area contributed by atoms with Crippen molar-refractivity contribution in [1.82, 2.24) is 4.57 Å². The number of carbonyl (C=O) groups is 1. The molecule has 0 spiro atoms. The van der Waals surface area contributed by atoms with E-state index in [1.807, 2.05) is 78.2 Å². The van der Waals surface area contributed by atoms with Crippen LogP contribution >= 0.6 is 22.7 Å². The van der Waals surface area contributed by atoms with E-state index >= 15 is 0 Å². The third-order valence-electron chi connectivity index (χ3n) is 5.92. The molecular weight excluding hydrogens is 504 g/mol. The van der Waals surface area contributed by atoms with Crippen LogP contribution in [0.3, 0.4) is 0 Å². The lowest BCUT2D eigenvalue weighted by Gasteiger charge is -2.23. The van der Waals surface area contributed by atoms with Crippen LogP contribution in [0.4, 0.5) is 0 Å². The molecule has 0 fully saturated rings. The van der Waals surface area contributed by atoms with Gasteiger partial charge in [0, 0.05) is 4.88 Å². The summed E-state index contributed by atoms with van der Waals surface area (Å²) in [5, 5.41) is 1.94. The molecule has 2 aromatic heterocycles.